The fourth-order valence-electron chi connectivity index (χ4n) is 6.02. The van der Waals surface area contributed by atoms with Crippen molar-refractivity contribution in [1.82, 2.24) is 0 Å². The number of anilines is 2. The van der Waals surface area contributed by atoms with E-state index in [0.717, 1.165) is 55.9 Å². The maximum Gasteiger partial charge on any atom is 0.183 e. The van der Waals surface area contributed by atoms with Crippen LogP contribution in [0.25, 0.3) is 22.8 Å². The maximum absolute atomic E-state index is 14.0. The van der Waals surface area contributed by atoms with Crippen LogP contribution in [0.3, 0.4) is 0 Å². The van der Waals surface area contributed by atoms with Crippen LogP contribution < -0.4 is 4.90 Å². The third kappa shape index (κ3) is 5.84. The van der Waals surface area contributed by atoms with Crippen molar-refractivity contribution in [2.45, 2.75) is 32.6 Å². The van der Waals surface area contributed by atoms with Crippen molar-refractivity contribution in [3.05, 3.63) is 160 Å². The largest absolute Gasteiger partial charge is 0.312 e. The van der Waals surface area contributed by atoms with E-state index in [4.69, 9.17) is 0 Å². The van der Waals surface area contributed by atoms with E-state index in [2.05, 4.69) is 98.5 Å². The highest BCUT2D eigenvalue weighted by molar-refractivity contribution is 7.91. The van der Waals surface area contributed by atoms with Crippen LogP contribution in [0.1, 0.15) is 33.4 Å². The molecule has 1 heterocycles. The van der Waals surface area contributed by atoms with Crippen LogP contribution >= 0.6 is 0 Å². The molecule has 5 aromatic carbocycles. The molecule has 3 nitrogen and oxygen atoms in total. The summed E-state index contributed by atoms with van der Waals surface area (Å²) in [4.78, 5) is 2.49. The Hall–Kier alpha value is -4.67. The van der Waals surface area contributed by atoms with Gasteiger partial charge in [0.15, 0.2) is 9.84 Å². The average molecular weight is 582 g/mol. The molecule has 0 amide bonds. The zero-order chi connectivity index (χ0) is 30.1. The van der Waals surface area contributed by atoms with Gasteiger partial charge in [0.25, 0.3) is 0 Å². The van der Waals surface area contributed by atoms with E-state index in [-0.39, 0.29) is 5.75 Å². The second-order valence-corrected chi connectivity index (χ2v) is 13.4. The van der Waals surface area contributed by atoms with Crippen molar-refractivity contribution < 1.29 is 8.42 Å². The van der Waals surface area contributed by atoms with Crippen LogP contribution in [0.5, 0.6) is 0 Å². The predicted octanol–water partition coefficient (Wildman–Crippen LogP) is 9.64. The highest BCUT2D eigenvalue weighted by atomic mass is 32.2. The van der Waals surface area contributed by atoms with Crippen molar-refractivity contribution >= 4 is 32.9 Å². The summed E-state index contributed by atoms with van der Waals surface area (Å²) in [6, 6.07) is 38.5. The molecule has 6 rings (SSSR count). The van der Waals surface area contributed by atoms with E-state index in [1.807, 2.05) is 49.4 Å². The van der Waals surface area contributed by atoms with Gasteiger partial charge >= 0.3 is 0 Å². The van der Waals surface area contributed by atoms with E-state index in [1.54, 1.807) is 12.1 Å². The lowest BCUT2D eigenvalue weighted by atomic mass is 9.97. The first kappa shape index (κ1) is 28.4. The smallest absolute Gasteiger partial charge is 0.183 e. The van der Waals surface area contributed by atoms with E-state index in [1.165, 1.54) is 5.56 Å². The van der Waals surface area contributed by atoms with Crippen LogP contribution in [-0.4, -0.2) is 14.2 Å². The standard InChI is InChI=1S/C39H35NO2S/c1-27-17-19-37(20-18-27)43(41,42)26-36-25-35(33-15-10-14-32(23-33)31-11-6-5-7-12-31)24-34-13-8-9-16-38(34)40(36)39-29(3)21-28(2)22-30(39)4/h5-25H,26H2,1-4H3. The van der Waals surface area contributed by atoms with E-state index < -0.39 is 9.84 Å². The van der Waals surface area contributed by atoms with E-state index >= 15 is 0 Å². The molecule has 0 saturated carbocycles. The van der Waals surface area contributed by atoms with Crippen molar-refractivity contribution in [2.75, 3.05) is 10.7 Å². The highest BCUT2D eigenvalue weighted by Gasteiger charge is 2.28. The lowest BCUT2D eigenvalue weighted by Crippen LogP contribution is -2.25. The zero-order valence-corrected chi connectivity index (χ0v) is 25.8. The van der Waals surface area contributed by atoms with Gasteiger partial charge in [-0.2, -0.15) is 0 Å². The van der Waals surface area contributed by atoms with E-state index in [0.29, 0.717) is 10.6 Å². The zero-order valence-electron chi connectivity index (χ0n) is 25.0. The summed E-state index contributed by atoms with van der Waals surface area (Å²) in [5.74, 6) is -0.146. The molecule has 0 fully saturated rings. The topological polar surface area (TPSA) is 37.4 Å². The van der Waals surface area contributed by atoms with Gasteiger partial charge in [0.05, 0.1) is 22.0 Å². The minimum atomic E-state index is -3.66. The number of hydrogen-bond donors (Lipinski definition) is 0. The summed E-state index contributed by atoms with van der Waals surface area (Å²) >= 11 is 0. The summed E-state index contributed by atoms with van der Waals surface area (Å²) < 4.78 is 28.1. The van der Waals surface area contributed by atoms with Crippen LogP contribution in [0.2, 0.25) is 0 Å². The fourth-order valence-corrected chi connectivity index (χ4v) is 7.34. The minimum Gasteiger partial charge on any atom is -0.312 e. The molecule has 1 aliphatic heterocycles. The second-order valence-electron chi connectivity index (χ2n) is 11.4. The van der Waals surface area contributed by atoms with Crippen molar-refractivity contribution in [3.63, 3.8) is 0 Å². The quantitative estimate of drug-likeness (QED) is 0.200. The minimum absolute atomic E-state index is 0.146. The predicted molar refractivity (Wildman–Crippen MR) is 180 cm³/mol. The van der Waals surface area contributed by atoms with Gasteiger partial charge in [-0.25, -0.2) is 8.42 Å². The Balaban J connectivity index is 1.58. The van der Waals surface area contributed by atoms with Gasteiger partial charge in [-0.3, -0.25) is 0 Å². The molecule has 0 aromatic heterocycles. The Morgan fingerprint density at radius 3 is 1.93 bits per heavy atom. The van der Waals surface area contributed by atoms with Crippen LogP contribution in [0.4, 0.5) is 11.4 Å². The second kappa shape index (κ2) is 11.5. The van der Waals surface area contributed by atoms with Crippen LogP contribution in [0.15, 0.2) is 132 Å². The molecule has 5 aromatic rings. The van der Waals surface area contributed by atoms with Crippen molar-refractivity contribution in [1.29, 1.82) is 0 Å². The van der Waals surface area contributed by atoms with Crippen molar-refractivity contribution in [3.8, 4) is 11.1 Å². The molecule has 0 N–H and O–H groups in total. The third-order valence-electron chi connectivity index (χ3n) is 7.98. The number of para-hydroxylation sites is 1. The van der Waals surface area contributed by atoms with Gasteiger partial charge in [-0.15, -0.1) is 0 Å². The van der Waals surface area contributed by atoms with Gasteiger partial charge in [0.1, 0.15) is 0 Å². The first-order valence-electron chi connectivity index (χ1n) is 14.5. The lowest BCUT2D eigenvalue weighted by molar-refractivity contribution is 0.598. The summed E-state index contributed by atoms with van der Waals surface area (Å²) in [7, 11) is -3.66. The number of sulfone groups is 1. The van der Waals surface area contributed by atoms with Gasteiger partial charge < -0.3 is 4.90 Å². The van der Waals surface area contributed by atoms with Gasteiger partial charge in [0.2, 0.25) is 0 Å². The normalized spacial score (nSPS) is 13.2. The Bertz CT molecular complexity index is 1960. The van der Waals surface area contributed by atoms with Gasteiger partial charge in [-0.05, 0) is 103 Å². The maximum atomic E-state index is 14.0. The third-order valence-corrected chi connectivity index (χ3v) is 9.64. The molecule has 0 atom stereocenters. The van der Waals surface area contributed by atoms with E-state index in [9.17, 15) is 8.42 Å². The average Bonchev–Trinajstić information content (AvgIpc) is 3.14. The molecule has 214 valence electrons. The Labute approximate surface area is 255 Å². The first-order chi connectivity index (χ1) is 20.7. The fraction of sp³-hybridized carbons (Fsp3) is 0.128. The monoisotopic (exact) mass is 581 g/mol. The number of fused-ring (bicyclic) bond motifs is 1. The molecule has 0 aliphatic carbocycles. The molecule has 0 bridgehead atoms. The molecule has 0 saturated heterocycles. The lowest BCUT2D eigenvalue weighted by Gasteiger charge is -2.31. The summed E-state index contributed by atoms with van der Waals surface area (Å²) in [5.41, 5.74) is 12.3. The molecule has 1 aliphatic rings. The molecule has 0 unspecified atom stereocenters. The highest BCUT2D eigenvalue weighted by Crippen LogP contribution is 2.42. The molecule has 0 radical (unpaired) electrons. The SMILES string of the molecule is Cc1ccc(S(=O)(=O)CC2=CC(c3cccc(-c4ccccc4)c3)=Cc3ccccc3N2c2c(C)cc(C)cc2C)cc1. The molecular weight excluding hydrogens is 547 g/mol. The summed E-state index contributed by atoms with van der Waals surface area (Å²) in [5, 5.41) is 0. The Morgan fingerprint density at radius 2 is 1.21 bits per heavy atom. The van der Waals surface area contributed by atoms with Crippen molar-refractivity contribution in [2.24, 2.45) is 0 Å². The number of nitrogens with zero attached hydrogens (tertiary/aromatic N) is 1. The molecule has 43 heavy (non-hydrogen) atoms. The van der Waals surface area contributed by atoms with Gasteiger partial charge in [0, 0.05) is 5.70 Å². The summed E-state index contributed by atoms with van der Waals surface area (Å²) in [6.07, 6.45) is 4.24. The summed E-state index contributed by atoms with van der Waals surface area (Å²) in [6.45, 7) is 8.27. The Morgan fingerprint density at radius 1 is 0.581 bits per heavy atom. The number of hydrogen-bond acceptors (Lipinski definition) is 3. The number of aryl methyl sites for hydroxylation is 4. The van der Waals surface area contributed by atoms with Gasteiger partial charge in [-0.1, -0.05) is 102 Å². The Kier molecular flexibility index (Phi) is 7.64. The molecule has 0 spiro atoms. The number of benzene rings is 5. The van der Waals surface area contributed by atoms with Crippen LogP contribution in [-0.2, 0) is 9.84 Å². The number of allylic oxidation sites excluding steroid dienone is 2. The molecule has 4 heteroatoms. The first-order valence-corrected chi connectivity index (χ1v) is 16.2. The number of rotatable bonds is 6. The molecular formula is C39H35NO2S. The van der Waals surface area contributed by atoms with Crippen LogP contribution in [0, 0.1) is 27.7 Å².